The van der Waals surface area contributed by atoms with Crippen LogP contribution in [-0.4, -0.2) is 4.98 Å². The second-order valence-electron chi connectivity index (χ2n) is 13.1. The van der Waals surface area contributed by atoms with Crippen molar-refractivity contribution in [2.75, 3.05) is 0 Å². The van der Waals surface area contributed by atoms with Gasteiger partial charge in [-0.15, -0.1) is 0 Å². The van der Waals surface area contributed by atoms with E-state index in [1.54, 1.807) is 0 Å². The molecule has 0 fully saturated rings. The summed E-state index contributed by atoms with van der Waals surface area (Å²) in [5, 5.41) is 0. The van der Waals surface area contributed by atoms with Crippen molar-refractivity contribution in [1.29, 1.82) is 0 Å². The number of hydrogen-bond acceptors (Lipinski definition) is 0. The fraction of sp³-hybridized carbons (Fsp3) is 0.769. The number of H-pyrrole nitrogens is 1. The first-order valence-electron chi connectivity index (χ1n) is 18.4. The lowest BCUT2D eigenvalue weighted by molar-refractivity contribution is -0.730. The summed E-state index contributed by atoms with van der Waals surface area (Å²) in [7, 11) is 0. The minimum Gasteiger partial charge on any atom is -0.250 e. The summed E-state index contributed by atoms with van der Waals surface area (Å²) < 4.78 is 2.49. The van der Waals surface area contributed by atoms with Gasteiger partial charge in [-0.05, 0) is 31.2 Å². The number of unbranched alkanes of at least 4 members (excludes halogenated alkanes) is 21. The molecule has 2 aromatic rings. The van der Waals surface area contributed by atoms with Gasteiger partial charge in [0.25, 0.3) is 0 Å². The zero-order chi connectivity index (χ0) is 29.1. The van der Waals surface area contributed by atoms with Gasteiger partial charge in [-0.2, -0.15) is 0 Å². The first kappa shape index (κ1) is 35.6. The zero-order valence-corrected chi connectivity index (χ0v) is 27.6. The van der Waals surface area contributed by atoms with E-state index in [4.69, 9.17) is 0 Å². The van der Waals surface area contributed by atoms with Crippen LogP contribution < -0.4 is 4.57 Å². The van der Waals surface area contributed by atoms with E-state index in [0.717, 1.165) is 0 Å². The van der Waals surface area contributed by atoms with Crippen LogP contribution in [0.5, 0.6) is 0 Å². The zero-order valence-electron chi connectivity index (χ0n) is 27.6. The topological polar surface area (TPSA) is 19.7 Å². The molecule has 0 saturated carbocycles. The lowest BCUT2D eigenvalue weighted by Crippen LogP contribution is -2.42. The van der Waals surface area contributed by atoms with E-state index >= 15 is 0 Å². The van der Waals surface area contributed by atoms with E-state index in [-0.39, 0.29) is 0 Å². The molecule has 2 nitrogen and oxygen atoms in total. The minimum atomic E-state index is 0.605. The monoisotopic (exact) mass is 566 g/mol. The van der Waals surface area contributed by atoms with E-state index in [0.29, 0.717) is 12.0 Å². The third kappa shape index (κ3) is 18.6. The molecule has 2 rings (SSSR count). The van der Waals surface area contributed by atoms with E-state index in [2.05, 4.69) is 72.5 Å². The number of hydrogen-bond donors (Lipinski definition) is 1. The van der Waals surface area contributed by atoms with E-state index < -0.39 is 0 Å². The Kier molecular flexibility index (Phi) is 22.7. The molecule has 0 amide bonds. The molecule has 2 atom stereocenters. The molecule has 1 aromatic carbocycles. The molecule has 0 bridgehead atoms. The Hall–Kier alpha value is -1.57. The lowest BCUT2D eigenvalue weighted by atomic mass is 9.84. The Labute approximate surface area is 256 Å². The van der Waals surface area contributed by atoms with Crippen molar-refractivity contribution >= 4 is 0 Å². The molecule has 2 unspecified atom stereocenters. The number of aromatic amines is 1. The summed E-state index contributed by atoms with van der Waals surface area (Å²) in [6, 6.07) is 11.9. The summed E-state index contributed by atoms with van der Waals surface area (Å²) in [6.07, 6.45) is 43.3. The van der Waals surface area contributed by atoms with E-state index in [1.807, 2.05) is 0 Å². The van der Waals surface area contributed by atoms with Crippen molar-refractivity contribution in [1.82, 2.24) is 4.98 Å². The van der Waals surface area contributed by atoms with Crippen molar-refractivity contribution in [2.45, 2.75) is 187 Å². The van der Waals surface area contributed by atoms with Crippen molar-refractivity contribution in [3.63, 3.8) is 0 Å². The van der Waals surface area contributed by atoms with Gasteiger partial charge in [0.15, 0.2) is 0 Å². The molecule has 0 spiro atoms. The molecule has 0 aliphatic heterocycles. The Balaban J connectivity index is 1.63. The number of nitrogens with zero attached hydrogens (tertiary/aromatic N) is 1. The lowest BCUT2D eigenvalue weighted by Gasteiger charge is -2.25. The molecule has 1 aromatic heterocycles. The van der Waals surface area contributed by atoms with Crippen LogP contribution in [0.25, 0.3) is 0 Å². The third-order valence-corrected chi connectivity index (χ3v) is 9.37. The van der Waals surface area contributed by atoms with Crippen molar-refractivity contribution in [3.8, 4) is 0 Å². The van der Waals surface area contributed by atoms with Crippen molar-refractivity contribution in [3.05, 3.63) is 54.6 Å². The van der Waals surface area contributed by atoms with Gasteiger partial charge in [0.1, 0.15) is 18.4 Å². The predicted octanol–water partition coefficient (Wildman–Crippen LogP) is 12.5. The molecule has 41 heavy (non-hydrogen) atoms. The predicted molar refractivity (Wildman–Crippen MR) is 180 cm³/mol. The van der Waals surface area contributed by atoms with Crippen molar-refractivity contribution in [2.24, 2.45) is 5.92 Å². The van der Waals surface area contributed by atoms with Gasteiger partial charge in [-0.25, -0.2) is 4.57 Å². The highest BCUT2D eigenvalue weighted by Gasteiger charge is 2.26. The summed E-state index contributed by atoms with van der Waals surface area (Å²) in [4.78, 5) is 3.34. The SMILES string of the molecule is CCCCCCCCCCCCCCCCCCCC(Cc1ccccc1)C(CCCCCCCC)[n+]1cc[nH]c1. The number of aromatic nitrogens is 2. The molecule has 0 saturated heterocycles. The first-order chi connectivity index (χ1) is 20.3. The molecule has 2 heteroatoms. The van der Waals surface area contributed by atoms with Gasteiger partial charge < -0.3 is 0 Å². The molecule has 1 N–H and O–H groups in total. The number of imidazole rings is 1. The third-order valence-electron chi connectivity index (χ3n) is 9.37. The van der Waals surface area contributed by atoms with Crippen LogP contribution in [-0.2, 0) is 6.42 Å². The average molecular weight is 566 g/mol. The highest BCUT2D eigenvalue weighted by molar-refractivity contribution is 5.15. The number of rotatable bonds is 29. The summed E-state index contributed by atoms with van der Waals surface area (Å²) in [6.45, 7) is 4.62. The highest BCUT2D eigenvalue weighted by atomic mass is 15.1. The molecule has 1 heterocycles. The van der Waals surface area contributed by atoms with E-state index in [9.17, 15) is 0 Å². The maximum absolute atomic E-state index is 3.34. The standard InChI is InChI=1S/C39H68N2/c1-3-5-7-9-11-12-13-14-15-16-17-18-19-20-21-22-27-31-38(35-37-29-25-24-26-30-37)39(41-34-33-40-36-41)32-28-23-10-8-6-4-2/h24-26,29-30,33-34,36,38-39H,3-23,27-28,31-32,35H2,1-2H3/p+1. The van der Waals surface area contributed by atoms with Crippen LogP contribution in [0.15, 0.2) is 49.1 Å². The molecule has 0 aliphatic carbocycles. The fourth-order valence-corrected chi connectivity index (χ4v) is 6.75. The Morgan fingerprint density at radius 2 is 0.976 bits per heavy atom. The van der Waals surface area contributed by atoms with Crippen molar-refractivity contribution < 1.29 is 4.57 Å². The van der Waals surface area contributed by atoms with Crippen LogP contribution in [0.2, 0.25) is 0 Å². The second-order valence-corrected chi connectivity index (χ2v) is 13.1. The maximum Gasteiger partial charge on any atom is 0.241 e. The molecule has 0 aliphatic rings. The van der Waals surface area contributed by atoms with Gasteiger partial charge >= 0.3 is 0 Å². The number of benzene rings is 1. The minimum absolute atomic E-state index is 0.605. The molecular weight excluding hydrogens is 496 g/mol. The Morgan fingerprint density at radius 1 is 0.537 bits per heavy atom. The van der Waals surface area contributed by atoms with Crippen LogP contribution >= 0.6 is 0 Å². The smallest absolute Gasteiger partial charge is 0.241 e. The highest BCUT2D eigenvalue weighted by Crippen LogP contribution is 2.29. The van der Waals surface area contributed by atoms with Gasteiger partial charge in [0, 0.05) is 5.92 Å². The van der Waals surface area contributed by atoms with Crippen LogP contribution in [0.1, 0.15) is 186 Å². The van der Waals surface area contributed by atoms with E-state index in [1.165, 1.54) is 173 Å². The number of nitrogens with one attached hydrogen (secondary N) is 1. The molecule has 234 valence electrons. The average Bonchev–Trinajstić information content (AvgIpc) is 3.53. The van der Waals surface area contributed by atoms with Gasteiger partial charge in [0.05, 0.1) is 0 Å². The summed E-state index contributed by atoms with van der Waals surface area (Å²) in [5.74, 6) is 0.713. The van der Waals surface area contributed by atoms with Crippen LogP contribution in [0.4, 0.5) is 0 Å². The first-order valence-corrected chi connectivity index (χ1v) is 18.4. The van der Waals surface area contributed by atoms with Gasteiger partial charge in [-0.3, -0.25) is 4.98 Å². The summed E-state index contributed by atoms with van der Waals surface area (Å²) >= 11 is 0. The largest absolute Gasteiger partial charge is 0.250 e. The van der Waals surface area contributed by atoms with Gasteiger partial charge in [-0.1, -0.05) is 185 Å². The fourth-order valence-electron chi connectivity index (χ4n) is 6.75. The Morgan fingerprint density at radius 3 is 1.41 bits per heavy atom. The quantitative estimate of drug-likeness (QED) is 0.0747. The van der Waals surface area contributed by atoms with Crippen LogP contribution in [0.3, 0.4) is 0 Å². The van der Waals surface area contributed by atoms with Crippen LogP contribution in [0, 0.1) is 5.92 Å². The molecule has 0 radical (unpaired) electrons. The Bertz CT molecular complexity index is 768. The normalized spacial score (nSPS) is 13.0. The van der Waals surface area contributed by atoms with Gasteiger partial charge in [0.2, 0.25) is 6.33 Å². The second kappa shape index (κ2) is 26.1. The molecular formula is C39H69N2+. The maximum atomic E-state index is 3.34. The summed E-state index contributed by atoms with van der Waals surface area (Å²) in [5.41, 5.74) is 1.51.